The molecule has 0 aromatic heterocycles. The highest BCUT2D eigenvalue weighted by atomic mass is 35.5. The van der Waals surface area contributed by atoms with Gasteiger partial charge >= 0.3 is 0 Å². The zero-order chi connectivity index (χ0) is 10.9. The Bertz CT molecular complexity index is 349. The first-order chi connectivity index (χ1) is 6.45. The van der Waals surface area contributed by atoms with Crippen molar-refractivity contribution >= 4 is 18.1 Å². The van der Waals surface area contributed by atoms with Crippen LogP contribution in [0.2, 0.25) is 0 Å². The first-order valence-electron chi connectivity index (χ1n) is 3.75. The summed E-state index contributed by atoms with van der Waals surface area (Å²) >= 11 is 0. The van der Waals surface area contributed by atoms with Gasteiger partial charge in [0.15, 0.2) is 0 Å². The van der Waals surface area contributed by atoms with E-state index in [-0.39, 0.29) is 18.0 Å². The number of phenolic OH excluding ortho intramolecular Hbond substituents is 1. The summed E-state index contributed by atoms with van der Waals surface area (Å²) in [4.78, 5) is 0. The topological polar surface area (TPSA) is 72.3 Å². The molecule has 0 aliphatic heterocycles. The molecule has 0 aliphatic carbocycles. The van der Waals surface area contributed by atoms with E-state index in [0.717, 1.165) is 12.1 Å². The number of aromatic hydroxyl groups is 1. The molecule has 0 fully saturated rings. The van der Waals surface area contributed by atoms with E-state index >= 15 is 0 Å². The van der Waals surface area contributed by atoms with E-state index < -0.39 is 29.7 Å². The van der Waals surface area contributed by atoms with Crippen LogP contribution in [0.3, 0.4) is 0 Å². The lowest BCUT2D eigenvalue weighted by Gasteiger charge is -2.13. The fraction of sp³-hybridized carbons (Fsp3) is 0.250. The van der Waals surface area contributed by atoms with Crippen LogP contribution in [0.4, 0.5) is 18.9 Å². The molecule has 0 bridgehead atoms. The van der Waals surface area contributed by atoms with Gasteiger partial charge in [-0.05, 0) is 6.07 Å². The number of phenols is 1. The van der Waals surface area contributed by atoms with Crippen LogP contribution in [0.25, 0.3) is 0 Å². The molecule has 0 spiro atoms. The van der Waals surface area contributed by atoms with Gasteiger partial charge in [-0.3, -0.25) is 0 Å². The number of halogens is 4. The third-order valence-corrected chi connectivity index (χ3v) is 1.83. The van der Waals surface area contributed by atoms with Crippen molar-refractivity contribution in [3.63, 3.8) is 0 Å². The summed E-state index contributed by atoms with van der Waals surface area (Å²) in [5.74, 6) is -1.59. The maximum atomic E-state index is 12.7. The van der Waals surface area contributed by atoms with Gasteiger partial charge in [0.05, 0.1) is 6.04 Å². The smallest absolute Gasteiger partial charge is 0.257 e. The molecule has 5 N–H and O–H groups in total. The fourth-order valence-corrected chi connectivity index (χ4v) is 1.00. The lowest BCUT2D eigenvalue weighted by molar-refractivity contribution is 0.115. The van der Waals surface area contributed by atoms with Crippen LogP contribution in [0, 0.1) is 5.82 Å². The largest absolute Gasteiger partial charge is 0.505 e. The Hall–Kier alpha value is -1.14. The van der Waals surface area contributed by atoms with Gasteiger partial charge < -0.3 is 16.6 Å². The number of benzene rings is 1. The lowest BCUT2D eigenvalue weighted by Crippen LogP contribution is -2.19. The summed E-state index contributed by atoms with van der Waals surface area (Å²) in [5, 5.41) is 9.22. The first-order valence-corrected chi connectivity index (χ1v) is 3.75. The van der Waals surface area contributed by atoms with Crippen LogP contribution in [0.1, 0.15) is 11.6 Å². The van der Waals surface area contributed by atoms with Gasteiger partial charge in [-0.1, -0.05) is 6.07 Å². The minimum Gasteiger partial charge on any atom is -0.505 e. The van der Waals surface area contributed by atoms with Gasteiger partial charge in [-0.25, -0.2) is 13.2 Å². The maximum Gasteiger partial charge on any atom is 0.257 e. The molecule has 1 aromatic carbocycles. The summed E-state index contributed by atoms with van der Waals surface area (Å²) in [7, 11) is 0. The van der Waals surface area contributed by atoms with Crippen molar-refractivity contribution in [2.45, 2.75) is 12.5 Å². The van der Waals surface area contributed by atoms with Crippen molar-refractivity contribution in [2.24, 2.45) is 5.73 Å². The van der Waals surface area contributed by atoms with Gasteiger partial charge in [0.25, 0.3) is 6.43 Å². The quantitative estimate of drug-likeness (QED) is 0.547. The highest BCUT2D eigenvalue weighted by molar-refractivity contribution is 5.85. The standard InChI is InChI=1S/C8H9F3N2O.ClH/c9-4-2-1-3(5(12)8(10)11)7(14)6(4)13;/h1-2,5,8,14H,12-13H2;1H/t5-;/m0./s1. The van der Waals surface area contributed by atoms with E-state index in [2.05, 4.69) is 0 Å². The van der Waals surface area contributed by atoms with E-state index in [0.29, 0.717) is 0 Å². The molecule has 7 heteroatoms. The van der Waals surface area contributed by atoms with E-state index in [9.17, 15) is 18.3 Å². The Labute approximate surface area is 90.3 Å². The molecule has 0 aliphatic rings. The van der Waals surface area contributed by atoms with Gasteiger partial charge in [-0.2, -0.15) is 0 Å². The van der Waals surface area contributed by atoms with Crippen LogP contribution >= 0.6 is 12.4 Å². The Kier molecular flexibility index (Phi) is 4.70. The summed E-state index contributed by atoms with van der Waals surface area (Å²) in [5.41, 5.74) is 9.33. The Balaban J connectivity index is 0.00000196. The molecular formula is C8H10ClF3N2O. The summed E-state index contributed by atoms with van der Waals surface area (Å²) in [6.07, 6.45) is -2.84. The summed E-state index contributed by atoms with van der Waals surface area (Å²) < 4.78 is 37.0. The summed E-state index contributed by atoms with van der Waals surface area (Å²) in [6, 6.07) is 0.197. The van der Waals surface area contributed by atoms with Gasteiger partial charge in [0.1, 0.15) is 17.3 Å². The molecule has 1 rings (SSSR count). The predicted molar refractivity (Wildman–Crippen MR) is 52.7 cm³/mol. The third kappa shape index (κ3) is 2.66. The second-order valence-corrected chi connectivity index (χ2v) is 2.76. The van der Waals surface area contributed by atoms with Crippen LogP contribution < -0.4 is 11.5 Å². The number of anilines is 1. The predicted octanol–water partition coefficient (Wildman–Crippen LogP) is 1.80. The molecule has 0 saturated heterocycles. The molecule has 0 radical (unpaired) electrons. The normalized spacial score (nSPS) is 12.3. The molecule has 0 unspecified atom stereocenters. The number of nitrogen functional groups attached to an aromatic ring is 1. The van der Waals surface area contributed by atoms with Crippen molar-refractivity contribution in [1.82, 2.24) is 0 Å². The zero-order valence-electron chi connectivity index (χ0n) is 7.45. The van der Waals surface area contributed by atoms with Crippen LogP contribution in [0.15, 0.2) is 12.1 Å². The van der Waals surface area contributed by atoms with Crippen LogP contribution in [-0.4, -0.2) is 11.5 Å². The first kappa shape index (κ1) is 13.9. The average molecular weight is 243 g/mol. The van der Waals surface area contributed by atoms with Gasteiger partial charge in [-0.15, -0.1) is 12.4 Å². The highest BCUT2D eigenvalue weighted by Gasteiger charge is 2.22. The fourth-order valence-electron chi connectivity index (χ4n) is 1.00. The minimum atomic E-state index is -2.84. The number of nitrogens with two attached hydrogens (primary N) is 2. The lowest BCUT2D eigenvalue weighted by atomic mass is 10.1. The van der Waals surface area contributed by atoms with Crippen LogP contribution in [-0.2, 0) is 0 Å². The van der Waals surface area contributed by atoms with Crippen molar-refractivity contribution in [2.75, 3.05) is 5.73 Å². The summed E-state index contributed by atoms with van der Waals surface area (Å²) in [6.45, 7) is 0. The Morgan fingerprint density at radius 3 is 2.27 bits per heavy atom. The monoisotopic (exact) mass is 242 g/mol. The van der Waals surface area contributed by atoms with Gasteiger partial charge in [0, 0.05) is 5.56 Å². The molecule has 0 saturated carbocycles. The van der Waals surface area contributed by atoms with E-state index in [1.54, 1.807) is 0 Å². The number of hydrogen-bond donors (Lipinski definition) is 3. The maximum absolute atomic E-state index is 12.7. The van der Waals surface area contributed by atoms with Crippen molar-refractivity contribution in [3.8, 4) is 5.75 Å². The molecule has 15 heavy (non-hydrogen) atoms. The SMILES string of the molecule is Cl.Nc1c(F)ccc([C@H](N)C(F)F)c1O. The molecular weight excluding hydrogens is 233 g/mol. The van der Waals surface area contributed by atoms with Crippen molar-refractivity contribution in [1.29, 1.82) is 0 Å². The van der Waals surface area contributed by atoms with Crippen LogP contribution in [0.5, 0.6) is 5.75 Å². The van der Waals surface area contributed by atoms with E-state index in [1.807, 2.05) is 0 Å². The van der Waals surface area contributed by atoms with E-state index in [4.69, 9.17) is 11.5 Å². The molecule has 1 aromatic rings. The minimum absolute atomic E-state index is 0. The number of alkyl halides is 2. The Morgan fingerprint density at radius 1 is 1.27 bits per heavy atom. The van der Waals surface area contributed by atoms with Gasteiger partial charge in [0.2, 0.25) is 0 Å². The molecule has 3 nitrogen and oxygen atoms in total. The second kappa shape index (κ2) is 5.09. The second-order valence-electron chi connectivity index (χ2n) is 2.76. The van der Waals surface area contributed by atoms with E-state index in [1.165, 1.54) is 0 Å². The molecule has 1 atom stereocenters. The van der Waals surface area contributed by atoms with Crippen molar-refractivity contribution in [3.05, 3.63) is 23.5 Å². The number of rotatable bonds is 2. The van der Waals surface area contributed by atoms with Crippen molar-refractivity contribution < 1.29 is 18.3 Å². The Morgan fingerprint density at radius 2 is 1.80 bits per heavy atom. The average Bonchev–Trinajstić information content (AvgIpc) is 2.13. The molecule has 86 valence electrons. The molecule has 0 amide bonds. The number of hydrogen-bond acceptors (Lipinski definition) is 3. The third-order valence-electron chi connectivity index (χ3n) is 1.83. The highest BCUT2D eigenvalue weighted by Crippen LogP contribution is 2.33. The zero-order valence-corrected chi connectivity index (χ0v) is 8.27. The molecule has 0 heterocycles.